The van der Waals surface area contributed by atoms with Gasteiger partial charge in [0.2, 0.25) is 0 Å². The monoisotopic (exact) mass is 475 g/mol. The average Bonchev–Trinajstić information content (AvgIpc) is 2.85. The zero-order valence-corrected chi connectivity index (χ0v) is 20.5. The number of nitrogens with zero attached hydrogens (tertiary/aromatic N) is 2. The van der Waals surface area contributed by atoms with Gasteiger partial charge in [0.25, 0.3) is 5.91 Å². The maximum absolute atomic E-state index is 11.5. The van der Waals surface area contributed by atoms with Crippen LogP contribution >= 0.6 is 0 Å². The van der Waals surface area contributed by atoms with Gasteiger partial charge in [-0.3, -0.25) is 9.78 Å². The Kier molecular flexibility index (Phi) is 8.47. The summed E-state index contributed by atoms with van der Waals surface area (Å²) in [5, 5.41) is 8.75. The van der Waals surface area contributed by atoms with Gasteiger partial charge in [0.15, 0.2) is 0 Å². The van der Waals surface area contributed by atoms with Gasteiger partial charge in [-0.05, 0) is 72.7 Å². The molecule has 0 aliphatic carbocycles. The summed E-state index contributed by atoms with van der Waals surface area (Å²) in [5.74, 6) is 1.66. The van der Waals surface area contributed by atoms with Gasteiger partial charge in [-0.25, -0.2) is 4.79 Å². The summed E-state index contributed by atoms with van der Waals surface area (Å²) in [4.78, 5) is 27.9. The normalized spacial score (nSPS) is 14.0. The zero-order chi connectivity index (χ0) is 25.4. The van der Waals surface area contributed by atoms with Crippen LogP contribution in [0.25, 0.3) is 11.3 Å². The number of likely N-dealkylation sites (tertiary alicyclic amines) is 1. The van der Waals surface area contributed by atoms with E-state index in [-0.39, 0.29) is 0 Å². The van der Waals surface area contributed by atoms with Crippen molar-refractivity contribution in [3.63, 3.8) is 0 Å². The molecule has 1 fully saturated rings. The highest BCUT2D eigenvalue weighted by Crippen LogP contribution is 2.34. The molecule has 0 atom stereocenters. The van der Waals surface area contributed by atoms with Crippen molar-refractivity contribution < 1.29 is 19.4 Å². The molecule has 3 N–H and O–H groups in total. The second kappa shape index (κ2) is 11.5. The average molecular weight is 476 g/mol. The zero-order valence-electron chi connectivity index (χ0n) is 20.5. The van der Waals surface area contributed by atoms with Crippen LogP contribution in [0.2, 0.25) is 0 Å². The smallest absolute Gasteiger partial charge is 0.407 e. The third-order valence-electron chi connectivity index (χ3n) is 6.17. The molecule has 0 spiro atoms. The van der Waals surface area contributed by atoms with E-state index in [1.807, 2.05) is 54.6 Å². The molecule has 0 radical (unpaired) electrons. The van der Waals surface area contributed by atoms with E-state index >= 15 is 0 Å². The number of carboxylic acid groups (broad SMARTS) is 1. The van der Waals surface area contributed by atoms with Crippen LogP contribution in [0.15, 0.2) is 72.9 Å². The Morgan fingerprint density at radius 3 is 2.09 bits per heavy atom. The van der Waals surface area contributed by atoms with Crippen molar-refractivity contribution >= 4 is 12.0 Å². The largest absolute Gasteiger partial charge is 0.465 e. The van der Waals surface area contributed by atoms with E-state index in [2.05, 4.69) is 25.8 Å². The lowest BCUT2D eigenvalue weighted by molar-refractivity contribution is 0.0954. The van der Waals surface area contributed by atoms with E-state index in [0.29, 0.717) is 41.4 Å². The number of aromatic nitrogens is 1. The van der Waals surface area contributed by atoms with Crippen LogP contribution < -0.4 is 10.5 Å². The highest BCUT2D eigenvalue weighted by atomic mass is 16.5. The van der Waals surface area contributed by atoms with Gasteiger partial charge in [-0.15, -0.1) is 0 Å². The van der Waals surface area contributed by atoms with Gasteiger partial charge in [0.1, 0.15) is 11.5 Å². The molecule has 4 rings (SSSR count). The Morgan fingerprint density at radius 1 is 0.943 bits per heavy atom. The molecule has 2 amide bonds. The van der Waals surface area contributed by atoms with Crippen molar-refractivity contribution in [1.29, 1.82) is 0 Å². The first kappa shape index (κ1) is 25.7. The molecular weight excluding hydrogens is 442 g/mol. The molecule has 184 valence electrons. The summed E-state index contributed by atoms with van der Waals surface area (Å²) >= 11 is 0. The fraction of sp³-hybridized carbons (Fsp3) is 0.321. The van der Waals surface area contributed by atoms with Crippen LogP contribution in [0.4, 0.5) is 4.79 Å². The van der Waals surface area contributed by atoms with E-state index in [1.54, 1.807) is 18.3 Å². The SMILES string of the molecule is CC(C)(C)C1CCN(C(=O)O)CC1.NC(=O)c1cccnc1-c1ccc(Oc2ccccc2)cc1. The first-order valence-electron chi connectivity index (χ1n) is 11.7. The molecule has 1 aliphatic rings. The highest BCUT2D eigenvalue weighted by molar-refractivity contribution is 5.98. The maximum atomic E-state index is 11.5. The third kappa shape index (κ3) is 7.30. The van der Waals surface area contributed by atoms with Crippen LogP contribution in [0.3, 0.4) is 0 Å². The standard InChI is InChI=1S/C18H14N2O2.C10H19NO2/c19-18(21)16-7-4-12-20-17(16)13-8-10-15(11-9-13)22-14-5-2-1-3-6-14;1-10(2,3)8-4-6-11(7-5-8)9(12)13/h1-12H,(H2,19,21);8H,4-7H2,1-3H3,(H,12,13). The minimum absolute atomic E-state index is 0.324. The van der Waals surface area contributed by atoms with Gasteiger partial charge >= 0.3 is 6.09 Å². The molecule has 35 heavy (non-hydrogen) atoms. The first-order chi connectivity index (χ1) is 16.6. The van der Waals surface area contributed by atoms with Crippen molar-refractivity contribution in [2.45, 2.75) is 33.6 Å². The van der Waals surface area contributed by atoms with Crippen LogP contribution in [-0.2, 0) is 0 Å². The molecular formula is C28H33N3O4. The van der Waals surface area contributed by atoms with Crippen molar-refractivity contribution in [3.05, 3.63) is 78.5 Å². The Labute approximate surface area is 206 Å². The van der Waals surface area contributed by atoms with Crippen molar-refractivity contribution in [2.24, 2.45) is 17.1 Å². The number of benzene rings is 2. The molecule has 2 heterocycles. The van der Waals surface area contributed by atoms with E-state index in [0.717, 1.165) is 24.2 Å². The molecule has 7 heteroatoms. The number of para-hydroxylation sites is 1. The van der Waals surface area contributed by atoms with Gasteiger partial charge in [0.05, 0.1) is 11.3 Å². The molecule has 1 aliphatic heterocycles. The first-order valence-corrected chi connectivity index (χ1v) is 11.7. The van der Waals surface area contributed by atoms with Gasteiger partial charge in [0, 0.05) is 24.8 Å². The minimum Gasteiger partial charge on any atom is -0.465 e. The molecule has 2 aromatic carbocycles. The number of amides is 2. The summed E-state index contributed by atoms with van der Waals surface area (Å²) in [6.07, 6.45) is 2.88. The van der Waals surface area contributed by atoms with Gasteiger partial charge < -0.3 is 20.5 Å². The van der Waals surface area contributed by atoms with Gasteiger partial charge in [-0.2, -0.15) is 0 Å². The lowest BCUT2D eigenvalue weighted by atomic mass is 9.75. The Morgan fingerprint density at radius 2 is 1.54 bits per heavy atom. The van der Waals surface area contributed by atoms with E-state index in [9.17, 15) is 9.59 Å². The van der Waals surface area contributed by atoms with E-state index in [4.69, 9.17) is 15.6 Å². The highest BCUT2D eigenvalue weighted by Gasteiger charge is 2.30. The van der Waals surface area contributed by atoms with E-state index in [1.165, 1.54) is 4.90 Å². The van der Waals surface area contributed by atoms with Crippen molar-refractivity contribution in [3.8, 4) is 22.8 Å². The molecule has 1 saturated heterocycles. The third-order valence-corrected chi connectivity index (χ3v) is 6.17. The number of pyridine rings is 1. The fourth-order valence-electron chi connectivity index (χ4n) is 4.08. The summed E-state index contributed by atoms with van der Waals surface area (Å²) in [7, 11) is 0. The Bertz CT molecular complexity index is 1120. The number of ether oxygens (including phenoxy) is 1. The number of carbonyl (C=O) groups is 2. The Balaban J connectivity index is 0.000000225. The predicted octanol–water partition coefficient (Wildman–Crippen LogP) is 6.06. The second-order valence-electron chi connectivity index (χ2n) is 9.61. The number of nitrogens with two attached hydrogens (primary N) is 1. The van der Waals surface area contributed by atoms with Crippen molar-refractivity contribution in [2.75, 3.05) is 13.1 Å². The molecule has 1 aromatic heterocycles. The number of hydrogen-bond donors (Lipinski definition) is 2. The number of rotatable bonds is 4. The van der Waals surface area contributed by atoms with E-state index < -0.39 is 12.0 Å². The second-order valence-corrected chi connectivity index (χ2v) is 9.61. The minimum atomic E-state index is -0.771. The summed E-state index contributed by atoms with van der Waals surface area (Å²) < 4.78 is 5.73. The molecule has 0 bridgehead atoms. The molecule has 7 nitrogen and oxygen atoms in total. The van der Waals surface area contributed by atoms with Gasteiger partial charge in [-0.1, -0.05) is 39.0 Å². The number of carbonyl (C=O) groups excluding carboxylic acids is 1. The number of primary amides is 1. The maximum Gasteiger partial charge on any atom is 0.407 e. The lowest BCUT2D eigenvalue weighted by Crippen LogP contribution is -2.40. The van der Waals surface area contributed by atoms with Crippen LogP contribution in [0, 0.1) is 11.3 Å². The molecule has 3 aromatic rings. The summed E-state index contributed by atoms with van der Waals surface area (Å²) in [6, 6.07) is 20.3. The van der Waals surface area contributed by atoms with Crippen molar-refractivity contribution in [1.82, 2.24) is 9.88 Å². The fourth-order valence-corrected chi connectivity index (χ4v) is 4.08. The number of hydrogen-bond acceptors (Lipinski definition) is 4. The molecule has 0 saturated carbocycles. The molecule has 0 unspecified atom stereocenters. The van der Waals surface area contributed by atoms with Crippen LogP contribution in [0.5, 0.6) is 11.5 Å². The summed E-state index contributed by atoms with van der Waals surface area (Å²) in [6.45, 7) is 8.10. The lowest BCUT2D eigenvalue weighted by Gasteiger charge is -2.37. The van der Waals surface area contributed by atoms with Crippen LogP contribution in [0.1, 0.15) is 44.0 Å². The van der Waals surface area contributed by atoms with Crippen LogP contribution in [-0.4, -0.2) is 40.1 Å². The summed E-state index contributed by atoms with van der Waals surface area (Å²) in [5.41, 5.74) is 7.49. The predicted molar refractivity (Wildman–Crippen MR) is 136 cm³/mol. The number of piperidine rings is 1. The quantitative estimate of drug-likeness (QED) is 0.477. The topological polar surface area (TPSA) is 106 Å². The Hall–Kier alpha value is -3.87.